The maximum atomic E-state index is 12.8. The van der Waals surface area contributed by atoms with Gasteiger partial charge in [-0.15, -0.1) is 11.6 Å². The van der Waals surface area contributed by atoms with Crippen molar-refractivity contribution in [3.8, 4) is 0 Å². The van der Waals surface area contributed by atoms with Gasteiger partial charge in [-0.25, -0.2) is 0 Å². The first-order valence-corrected chi connectivity index (χ1v) is 7.84. The molecule has 1 N–H and O–H groups in total. The predicted octanol–water partition coefficient (Wildman–Crippen LogP) is 2.94. The molecule has 1 amide bonds. The van der Waals surface area contributed by atoms with Crippen molar-refractivity contribution in [2.24, 2.45) is 24.3 Å². The van der Waals surface area contributed by atoms with Crippen molar-refractivity contribution in [3.05, 3.63) is 12.3 Å². The quantitative estimate of drug-likeness (QED) is 0.852. The molecule has 0 aliphatic heterocycles. The van der Waals surface area contributed by atoms with Crippen LogP contribution in [0.2, 0.25) is 0 Å². The molecule has 0 spiro atoms. The minimum absolute atomic E-state index is 0.120. The third-order valence-corrected chi connectivity index (χ3v) is 5.87. The molecule has 0 radical (unpaired) electrons. The maximum Gasteiger partial charge on any atom is 0.231 e. The van der Waals surface area contributed by atoms with Crippen LogP contribution in [-0.2, 0) is 11.8 Å². The van der Waals surface area contributed by atoms with E-state index in [4.69, 9.17) is 11.6 Å². The molecule has 0 unspecified atom stereocenters. The number of alkyl halides is 1. The molecule has 0 saturated heterocycles. The molecular weight excluding hydrogens is 274 g/mol. The van der Waals surface area contributed by atoms with Crippen LogP contribution in [0.5, 0.6) is 0 Å². The molecule has 108 valence electrons. The monoisotopic (exact) mass is 293 g/mol. The molecule has 4 aliphatic carbocycles. The van der Waals surface area contributed by atoms with E-state index in [2.05, 4.69) is 10.4 Å². The van der Waals surface area contributed by atoms with Gasteiger partial charge in [0.15, 0.2) is 5.82 Å². The SMILES string of the molecule is Cn1ccc(NC(=O)C23C[C@H]4C[C@@H](CC(Cl)(C4)C2)C3)n1. The Balaban J connectivity index is 1.59. The van der Waals surface area contributed by atoms with Gasteiger partial charge in [-0.05, 0) is 50.4 Å². The summed E-state index contributed by atoms with van der Waals surface area (Å²) in [5, 5.41) is 7.25. The van der Waals surface area contributed by atoms with Crippen LogP contribution >= 0.6 is 11.6 Å². The van der Waals surface area contributed by atoms with Gasteiger partial charge in [0.05, 0.1) is 5.41 Å². The Bertz CT molecular complexity index is 553. The molecule has 4 saturated carbocycles. The maximum absolute atomic E-state index is 12.8. The van der Waals surface area contributed by atoms with Crippen LogP contribution in [0.3, 0.4) is 0 Å². The Kier molecular flexibility index (Phi) is 2.54. The van der Waals surface area contributed by atoms with Gasteiger partial charge in [-0.1, -0.05) is 0 Å². The molecule has 1 aromatic rings. The Hall–Kier alpha value is -1.03. The van der Waals surface area contributed by atoms with Crippen LogP contribution in [0.4, 0.5) is 5.82 Å². The molecule has 1 aromatic heterocycles. The molecule has 4 aliphatic rings. The number of nitrogens with zero attached hydrogens (tertiary/aromatic N) is 2. The summed E-state index contributed by atoms with van der Waals surface area (Å²) in [4.78, 5) is 12.7. The number of anilines is 1. The highest BCUT2D eigenvalue weighted by Crippen LogP contribution is 2.63. The number of carbonyl (C=O) groups is 1. The zero-order valence-electron chi connectivity index (χ0n) is 11.7. The minimum atomic E-state index is -0.247. The fourth-order valence-electron chi connectivity index (χ4n) is 5.15. The number of aryl methyl sites for hydroxylation is 1. The molecule has 4 nitrogen and oxygen atoms in total. The van der Waals surface area contributed by atoms with Crippen molar-refractivity contribution in [2.75, 3.05) is 5.32 Å². The lowest BCUT2D eigenvalue weighted by atomic mass is 9.49. The molecule has 20 heavy (non-hydrogen) atoms. The predicted molar refractivity (Wildman–Crippen MR) is 77.5 cm³/mol. The second kappa shape index (κ2) is 4.00. The van der Waals surface area contributed by atoms with Crippen LogP contribution < -0.4 is 5.32 Å². The van der Waals surface area contributed by atoms with E-state index in [1.165, 1.54) is 6.42 Å². The topological polar surface area (TPSA) is 46.9 Å². The lowest BCUT2D eigenvalue weighted by Crippen LogP contribution is -2.57. The largest absolute Gasteiger partial charge is 0.309 e. The average Bonchev–Trinajstić information content (AvgIpc) is 2.71. The number of amides is 1. The molecule has 5 heteroatoms. The summed E-state index contributed by atoms with van der Waals surface area (Å²) >= 11 is 6.77. The molecule has 0 aromatic carbocycles. The highest BCUT2D eigenvalue weighted by atomic mass is 35.5. The van der Waals surface area contributed by atoms with Crippen LogP contribution in [0.1, 0.15) is 38.5 Å². The molecular formula is C15H20ClN3O. The van der Waals surface area contributed by atoms with Gasteiger partial charge in [0.2, 0.25) is 5.91 Å². The van der Waals surface area contributed by atoms with Gasteiger partial charge < -0.3 is 5.32 Å². The number of hydrogen-bond donors (Lipinski definition) is 1. The summed E-state index contributed by atoms with van der Waals surface area (Å²) in [6.45, 7) is 0. The van der Waals surface area contributed by atoms with Crippen LogP contribution in [0.15, 0.2) is 12.3 Å². The molecule has 1 heterocycles. The summed E-state index contributed by atoms with van der Waals surface area (Å²) in [7, 11) is 1.86. The van der Waals surface area contributed by atoms with Crippen LogP contribution in [0, 0.1) is 17.3 Å². The van der Waals surface area contributed by atoms with Crippen molar-refractivity contribution < 1.29 is 4.79 Å². The smallest absolute Gasteiger partial charge is 0.231 e. The van der Waals surface area contributed by atoms with E-state index in [9.17, 15) is 4.79 Å². The van der Waals surface area contributed by atoms with E-state index in [1.54, 1.807) is 4.68 Å². The average molecular weight is 294 g/mol. The van der Waals surface area contributed by atoms with Crippen molar-refractivity contribution in [3.63, 3.8) is 0 Å². The minimum Gasteiger partial charge on any atom is -0.309 e. The van der Waals surface area contributed by atoms with Crippen LogP contribution in [0.25, 0.3) is 0 Å². The van der Waals surface area contributed by atoms with E-state index >= 15 is 0 Å². The van der Waals surface area contributed by atoms with E-state index < -0.39 is 0 Å². The van der Waals surface area contributed by atoms with Crippen molar-refractivity contribution in [1.29, 1.82) is 0 Å². The van der Waals surface area contributed by atoms with E-state index in [1.807, 2.05) is 19.3 Å². The third kappa shape index (κ3) is 1.88. The fourth-order valence-corrected chi connectivity index (χ4v) is 5.84. The molecule has 4 bridgehead atoms. The Labute approximate surface area is 123 Å². The van der Waals surface area contributed by atoms with Gasteiger partial charge in [-0.3, -0.25) is 9.48 Å². The first kappa shape index (κ1) is 12.7. The van der Waals surface area contributed by atoms with E-state index in [-0.39, 0.29) is 16.2 Å². The first-order valence-electron chi connectivity index (χ1n) is 7.46. The number of hydrogen-bond acceptors (Lipinski definition) is 2. The highest BCUT2D eigenvalue weighted by molar-refractivity contribution is 6.24. The molecule has 2 atom stereocenters. The number of aromatic nitrogens is 2. The zero-order valence-corrected chi connectivity index (χ0v) is 12.5. The van der Waals surface area contributed by atoms with Crippen molar-refractivity contribution in [2.45, 2.75) is 43.4 Å². The van der Waals surface area contributed by atoms with Crippen LogP contribution in [-0.4, -0.2) is 20.6 Å². The van der Waals surface area contributed by atoms with E-state index in [0.717, 1.165) is 32.1 Å². The number of carbonyl (C=O) groups excluding carboxylic acids is 1. The standard InChI is InChI=1S/C15H20ClN3O/c1-19-3-2-12(18-19)17-13(20)14-5-10-4-11(6-14)8-15(16,7-10)9-14/h2-3,10-11H,4-9H2,1H3,(H,17,18,20)/t10-,11-,14?,15?/m1/s1. The summed E-state index contributed by atoms with van der Waals surface area (Å²) in [5.41, 5.74) is -0.247. The fraction of sp³-hybridized carbons (Fsp3) is 0.733. The summed E-state index contributed by atoms with van der Waals surface area (Å²) < 4.78 is 1.71. The number of halogens is 1. The van der Waals surface area contributed by atoms with E-state index in [0.29, 0.717) is 17.7 Å². The summed E-state index contributed by atoms with van der Waals surface area (Å²) in [6.07, 6.45) is 8.18. The molecule has 5 rings (SSSR count). The normalized spacial score (nSPS) is 41.9. The lowest BCUT2D eigenvalue weighted by molar-refractivity contribution is -0.138. The first-order chi connectivity index (χ1) is 9.46. The number of nitrogens with one attached hydrogen (secondary N) is 1. The third-order valence-electron chi connectivity index (χ3n) is 5.43. The zero-order chi connectivity index (χ0) is 14.0. The second-order valence-electron chi connectivity index (χ2n) is 7.22. The number of rotatable bonds is 2. The van der Waals surface area contributed by atoms with Gasteiger partial charge in [-0.2, -0.15) is 5.10 Å². The second-order valence-corrected chi connectivity index (χ2v) is 8.02. The van der Waals surface area contributed by atoms with Gasteiger partial charge in [0, 0.05) is 24.2 Å². The van der Waals surface area contributed by atoms with Crippen molar-refractivity contribution >= 4 is 23.3 Å². The van der Waals surface area contributed by atoms with Gasteiger partial charge in [0.1, 0.15) is 0 Å². The summed E-state index contributed by atoms with van der Waals surface area (Å²) in [5.74, 6) is 2.07. The Morgan fingerprint density at radius 1 is 1.40 bits per heavy atom. The highest BCUT2D eigenvalue weighted by Gasteiger charge is 2.60. The van der Waals surface area contributed by atoms with Crippen molar-refractivity contribution in [1.82, 2.24) is 9.78 Å². The Morgan fingerprint density at radius 3 is 2.65 bits per heavy atom. The molecule has 4 fully saturated rings. The summed E-state index contributed by atoms with van der Waals surface area (Å²) in [6, 6.07) is 1.84. The van der Waals surface area contributed by atoms with Gasteiger partial charge >= 0.3 is 0 Å². The Morgan fingerprint density at radius 2 is 2.10 bits per heavy atom. The van der Waals surface area contributed by atoms with Gasteiger partial charge in [0.25, 0.3) is 0 Å². The lowest BCUT2D eigenvalue weighted by Gasteiger charge is -2.59.